The standard InChI is InChI=1S/C35H44O7/c1-7-24(3)21-38-26(5)23-40-31-15-13-29(14-16-31)28-9-11-30(12-10-28)35(37)42-33-19-17-32(18-20-33)41-34(36)27(6)39-22-25(4)8-2/h9-20,24-27H,7-8,21-23H2,1-6H3/t24-,25-,26-,27-/m0/s1. The number of rotatable bonds is 16. The van der Waals surface area contributed by atoms with E-state index in [1.807, 2.05) is 43.3 Å². The summed E-state index contributed by atoms with van der Waals surface area (Å²) >= 11 is 0. The molecule has 0 aliphatic rings. The third-order valence-electron chi connectivity index (χ3n) is 7.07. The fourth-order valence-electron chi connectivity index (χ4n) is 3.69. The maximum Gasteiger partial charge on any atom is 0.343 e. The molecule has 42 heavy (non-hydrogen) atoms. The molecule has 0 fully saturated rings. The van der Waals surface area contributed by atoms with E-state index in [-0.39, 0.29) is 6.10 Å². The first kappa shape index (κ1) is 32.8. The van der Waals surface area contributed by atoms with Crippen LogP contribution in [0.25, 0.3) is 11.1 Å². The second kappa shape index (κ2) is 16.7. The summed E-state index contributed by atoms with van der Waals surface area (Å²) in [5, 5.41) is 0. The van der Waals surface area contributed by atoms with Gasteiger partial charge in [0.25, 0.3) is 0 Å². The Morgan fingerprint density at radius 2 is 1.07 bits per heavy atom. The lowest BCUT2D eigenvalue weighted by Gasteiger charge is -2.17. The zero-order valence-corrected chi connectivity index (χ0v) is 25.6. The lowest BCUT2D eigenvalue weighted by Crippen LogP contribution is -2.27. The number of benzene rings is 3. The highest BCUT2D eigenvalue weighted by Gasteiger charge is 2.17. The Morgan fingerprint density at radius 1 is 0.595 bits per heavy atom. The molecule has 3 aromatic carbocycles. The average Bonchev–Trinajstić information content (AvgIpc) is 3.02. The molecule has 0 saturated carbocycles. The van der Waals surface area contributed by atoms with Gasteiger partial charge in [-0.1, -0.05) is 64.8 Å². The summed E-state index contributed by atoms with van der Waals surface area (Å²) in [6.45, 7) is 13.9. The van der Waals surface area contributed by atoms with Crippen molar-refractivity contribution in [3.05, 3.63) is 78.4 Å². The fraction of sp³-hybridized carbons (Fsp3) is 0.429. The van der Waals surface area contributed by atoms with Gasteiger partial charge < -0.3 is 23.7 Å². The van der Waals surface area contributed by atoms with Gasteiger partial charge in [0.15, 0.2) is 6.10 Å². The SMILES string of the molecule is CC[C@H](C)CO[C@@H](C)C(=O)Oc1ccc(OC(=O)c2ccc(-c3ccc(OC[C@H](C)OC[C@@H](C)CC)cc3)cc2)cc1. The number of carbonyl (C=O) groups excluding carboxylic acids is 2. The van der Waals surface area contributed by atoms with Crippen LogP contribution in [0.4, 0.5) is 0 Å². The van der Waals surface area contributed by atoms with Crippen LogP contribution in [-0.2, 0) is 14.3 Å². The van der Waals surface area contributed by atoms with Gasteiger partial charge in [-0.05, 0) is 85.3 Å². The molecule has 0 heterocycles. The Morgan fingerprint density at radius 3 is 1.62 bits per heavy atom. The maximum atomic E-state index is 12.7. The van der Waals surface area contributed by atoms with Crippen molar-refractivity contribution in [1.82, 2.24) is 0 Å². The summed E-state index contributed by atoms with van der Waals surface area (Å²) in [7, 11) is 0. The molecule has 226 valence electrons. The summed E-state index contributed by atoms with van der Waals surface area (Å²) < 4.78 is 28.2. The van der Waals surface area contributed by atoms with Gasteiger partial charge >= 0.3 is 11.9 Å². The minimum atomic E-state index is -0.668. The number of hydrogen-bond donors (Lipinski definition) is 0. The van der Waals surface area contributed by atoms with Crippen molar-refractivity contribution in [1.29, 1.82) is 0 Å². The summed E-state index contributed by atoms with van der Waals surface area (Å²) in [5.74, 6) is 1.44. The van der Waals surface area contributed by atoms with Crippen LogP contribution in [0, 0.1) is 11.8 Å². The molecule has 4 atom stereocenters. The van der Waals surface area contributed by atoms with Crippen molar-refractivity contribution in [3.8, 4) is 28.4 Å². The van der Waals surface area contributed by atoms with E-state index in [0.717, 1.165) is 36.3 Å². The van der Waals surface area contributed by atoms with Crippen LogP contribution >= 0.6 is 0 Å². The molecule has 3 rings (SSSR count). The minimum Gasteiger partial charge on any atom is -0.491 e. The molecule has 0 N–H and O–H groups in total. The second-order valence-electron chi connectivity index (χ2n) is 10.8. The van der Waals surface area contributed by atoms with Crippen molar-refractivity contribution in [2.45, 2.75) is 66.6 Å². The number of esters is 2. The molecule has 3 aromatic rings. The first-order chi connectivity index (χ1) is 20.2. The van der Waals surface area contributed by atoms with Crippen LogP contribution in [0.15, 0.2) is 72.8 Å². The van der Waals surface area contributed by atoms with Crippen molar-refractivity contribution in [3.63, 3.8) is 0 Å². The Kier molecular flexibility index (Phi) is 13.0. The Labute approximate surface area is 250 Å². The van der Waals surface area contributed by atoms with Crippen LogP contribution in [0.3, 0.4) is 0 Å². The molecule has 0 radical (unpaired) electrons. The Hall–Kier alpha value is -3.68. The van der Waals surface area contributed by atoms with E-state index in [4.69, 9.17) is 23.7 Å². The van der Waals surface area contributed by atoms with Crippen molar-refractivity contribution in [2.75, 3.05) is 19.8 Å². The minimum absolute atomic E-state index is 0.0227. The first-order valence-corrected chi connectivity index (χ1v) is 14.8. The molecule has 0 aliphatic heterocycles. The topological polar surface area (TPSA) is 80.3 Å². The Bertz CT molecular complexity index is 1240. The zero-order chi connectivity index (χ0) is 30.5. The van der Waals surface area contributed by atoms with E-state index in [9.17, 15) is 9.59 Å². The van der Waals surface area contributed by atoms with E-state index in [1.165, 1.54) is 0 Å². The van der Waals surface area contributed by atoms with E-state index >= 15 is 0 Å². The van der Waals surface area contributed by atoms with Gasteiger partial charge in [0, 0.05) is 6.61 Å². The van der Waals surface area contributed by atoms with E-state index in [1.54, 1.807) is 43.3 Å². The van der Waals surface area contributed by atoms with Gasteiger partial charge in [0.1, 0.15) is 23.9 Å². The van der Waals surface area contributed by atoms with Crippen LogP contribution in [0.5, 0.6) is 17.2 Å². The molecule has 7 nitrogen and oxygen atoms in total. The van der Waals surface area contributed by atoms with Crippen LogP contribution in [-0.4, -0.2) is 44.0 Å². The van der Waals surface area contributed by atoms with Gasteiger partial charge in [-0.25, -0.2) is 9.59 Å². The van der Waals surface area contributed by atoms with Crippen molar-refractivity contribution in [2.24, 2.45) is 11.8 Å². The van der Waals surface area contributed by atoms with Gasteiger partial charge in [-0.2, -0.15) is 0 Å². The quantitative estimate of drug-likeness (QED) is 0.127. The van der Waals surface area contributed by atoms with Crippen LogP contribution < -0.4 is 14.2 Å². The van der Waals surface area contributed by atoms with E-state index in [0.29, 0.717) is 42.1 Å². The summed E-state index contributed by atoms with van der Waals surface area (Å²) in [6, 6.07) is 21.4. The molecule has 0 bridgehead atoms. The largest absolute Gasteiger partial charge is 0.491 e. The molecule has 0 spiro atoms. The lowest BCUT2D eigenvalue weighted by atomic mass is 10.0. The van der Waals surface area contributed by atoms with Crippen molar-refractivity contribution < 1.29 is 33.3 Å². The average molecular weight is 577 g/mol. The smallest absolute Gasteiger partial charge is 0.343 e. The lowest BCUT2D eigenvalue weighted by molar-refractivity contribution is -0.146. The number of hydrogen-bond acceptors (Lipinski definition) is 7. The summed E-state index contributed by atoms with van der Waals surface area (Å²) in [6.07, 6.45) is 1.43. The molecule has 0 aromatic heterocycles. The van der Waals surface area contributed by atoms with E-state index < -0.39 is 18.0 Å². The van der Waals surface area contributed by atoms with Crippen molar-refractivity contribution >= 4 is 11.9 Å². The molecule has 0 saturated heterocycles. The highest BCUT2D eigenvalue weighted by atomic mass is 16.6. The van der Waals surface area contributed by atoms with Gasteiger partial charge in [0.2, 0.25) is 0 Å². The molecular weight excluding hydrogens is 532 g/mol. The Balaban J connectivity index is 1.48. The normalized spacial score (nSPS) is 14.0. The highest BCUT2D eigenvalue weighted by Crippen LogP contribution is 2.24. The maximum absolute atomic E-state index is 12.7. The molecule has 0 aliphatic carbocycles. The first-order valence-electron chi connectivity index (χ1n) is 14.8. The summed E-state index contributed by atoms with van der Waals surface area (Å²) in [4.78, 5) is 25.0. The van der Waals surface area contributed by atoms with Crippen LogP contribution in [0.1, 0.15) is 64.7 Å². The predicted octanol–water partition coefficient (Wildman–Crippen LogP) is 7.76. The van der Waals surface area contributed by atoms with E-state index in [2.05, 4.69) is 27.7 Å². The number of carbonyl (C=O) groups is 2. The van der Waals surface area contributed by atoms with Gasteiger partial charge in [0.05, 0.1) is 18.3 Å². The molecule has 0 unspecified atom stereocenters. The molecule has 0 amide bonds. The third kappa shape index (κ3) is 10.6. The molecule has 7 heteroatoms. The fourth-order valence-corrected chi connectivity index (χ4v) is 3.69. The van der Waals surface area contributed by atoms with Gasteiger partial charge in [-0.3, -0.25) is 0 Å². The second-order valence-corrected chi connectivity index (χ2v) is 10.8. The summed E-state index contributed by atoms with van der Waals surface area (Å²) in [5.41, 5.74) is 2.40. The predicted molar refractivity (Wildman–Crippen MR) is 164 cm³/mol. The molecular formula is C35H44O7. The number of ether oxygens (including phenoxy) is 5. The third-order valence-corrected chi connectivity index (χ3v) is 7.07. The van der Waals surface area contributed by atoms with Crippen LogP contribution in [0.2, 0.25) is 0 Å². The van der Waals surface area contributed by atoms with Gasteiger partial charge in [-0.15, -0.1) is 0 Å². The highest BCUT2D eigenvalue weighted by molar-refractivity contribution is 5.91. The monoisotopic (exact) mass is 576 g/mol. The zero-order valence-electron chi connectivity index (χ0n) is 25.6.